The molecule has 1 fully saturated rings. The molecule has 2 atom stereocenters. The first kappa shape index (κ1) is 13.9. The highest BCUT2D eigenvalue weighted by molar-refractivity contribution is 7.10. The van der Waals surface area contributed by atoms with Crippen LogP contribution in [0.1, 0.15) is 48.3 Å². The number of alkyl carbamates (subject to hydrolysis) is 1. The fourth-order valence-electron chi connectivity index (χ4n) is 1.79. The molecule has 1 amide bonds. The van der Waals surface area contributed by atoms with E-state index in [0.29, 0.717) is 5.56 Å². The monoisotopic (exact) mass is 283 g/mol. The summed E-state index contributed by atoms with van der Waals surface area (Å²) < 4.78 is 5.18. The van der Waals surface area contributed by atoms with Gasteiger partial charge in [-0.05, 0) is 33.3 Å². The number of aromatic carboxylic acids is 1. The van der Waals surface area contributed by atoms with Crippen LogP contribution in [0.5, 0.6) is 0 Å². The lowest BCUT2D eigenvalue weighted by Crippen LogP contribution is -2.34. The molecule has 5 nitrogen and oxygen atoms in total. The molecule has 1 saturated carbocycles. The second-order valence-corrected chi connectivity index (χ2v) is 6.58. The zero-order chi connectivity index (χ0) is 14.2. The standard InChI is InChI=1S/C13H17NO4S/c1-13(2,3)18-12(17)14-9-5-8(9)10-4-7(6-19-10)11(15)16/h4,6,8-9H,5H2,1-3H3,(H,14,17)(H,15,16). The van der Waals surface area contributed by atoms with E-state index in [2.05, 4.69) is 5.32 Å². The molecular weight excluding hydrogens is 266 g/mol. The minimum absolute atomic E-state index is 0.0511. The van der Waals surface area contributed by atoms with Crippen LogP contribution < -0.4 is 5.32 Å². The van der Waals surface area contributed by atoms with Gasteiger partial charge < -0.3 is 15.2 Å². The normalized spacial score (nSPS) is 21.8. The first-order valence-electron chi connectivity index (χ1n) is 6.07. The van der Waals surface area contributed by atoms with Gasteiger partial charge in [0, 0.05) is 22.2 Å². The van der Waals surface area contributed by atoms with E-state index in [1.54, 1.807) is 11.4 Å². The molecule has 0 aromatic carbocycles. The van der Waals surface area contributed by atoms with Crippen LogP contribution in [0.15, 0.2) is 11.4 Å². The first-order chi connectivity index (χ1) is 8.76. The maximum Gasteiger partial charge on any atom is 0.407 e. The zero-order valence-corrected chi connectivity index (χ0v) is 11.9. The molecule has 0 aliphatic heterocycles. The van der Waals surface area contributed by atoms with Gasteiger partial charge in [0.05, 0.1) is 5.56 Å². The lowest BCUT2D eigenvalue weighted by Gasteiger charge is -2.19. The van der Waals surface area contributed by atoms with E-state index in [9.17, 15) is 9.59 Å². The van der Waals surface area contributed by atoms with E-state index < -0.39 is 17.7 Å². The summed E-state index contributed by atoms with van der Waals surface area (Å²) in [6.45, 7) is 5.44. The Hall–Kier alpha value is -1.56. The summed E-state index contributed by atoms with van der Waals surface area (Å²) in [4.78, 5) is 23.4. The van der Waals surface area contributed by atoms with Crippen LogP contribution >= 0.6 is 11.3 Å². The van der Waals surface area contributed by atoms with Crippen LogP contribution in [0.4, 0.5) is 4.79 Å². The summed E-state index contributed by atoms with van der Waals surface area (Å²) in [6, 6.07) is 1.73. The fourth-order valence-corrected chi connectivity index (χ4v) is 2.85. The molecule has 2 N–H and O–H groups in total. The number of hydrogen-bond donors (Lipinski definition) is 2. The average Bonchev–Trinajstić information content (AvgIpc) is 2.82. The van der Waals surface area contributed by atoms with Crippen LogP contribution in [0.25, 0.3) is 0 Å². The van der Waals surface area contributed by atoms with E-state index >= 15 is 0 Å². The minimum Gasteiger partial charge on any atom is -0.478 e. The van der Waals surface area contributed by atoms with Crippen molar-refractivity contribution >= 4 is 23.4 Å². The Balaban J connectivity index is 1.87. The maximum atomic E-state index is 11.6. The summed E-state index contributed by atoms with van der Waals surface area (Å²) in [5.74, 6) is -0.703. The van der Waals surface area contributed by atoms with Gasteiger partial charge in [0.1, 0.15) is 5.60 Å². The zero-order valence-electron chi connectivity index (χ0n) is 11.1. The number of carbonyl (C=O) groups excluding carboxylic acids is 1. The Kier molecular flexibility index (Phi) is 3.54. The van der Waals surface area contributed by atoms with Crippen LogP contribution in [-0.2, 0) is 4.74 Å². The lowest BCUT2D eigenvalue weighted by molar-refractivity contribution is 0.0522. The highest BCUT2D eigenvalue weighted by atomic mass is 32.1. The number of hydrogen-bond acceptors (Lipinski definition) is 4. The van der Waals surface area contributed by atoms with Crippen LogP contribution in [-0.4, -0.2) is 28.8 Å². The third-order valence-electron chi connectivity index (χ3n) is 2.72. The predicted octanol–water partition coefficient (Wildman–Crippen LogP) is 2.83. The second kappa shape index (κ2) is 4.85. The van der Waals surface area contributed by atoms with E-state index in [0.717, 1.165) is 11.3 Å². The van der Waals surface area contributed by atoms with Gasteiger partial charge in [0.25, 0.3) is 0 Å². The average molecular weight is 283 g/mol. The van der Waals surface area contributed by atoms with Gasteiger partial charge >= 0.3 is 12.1 Å². The van der Waals surface area contributed by atoms with Gasteiger partial charge in [0.15, 0.2) is 0 Å². The molecule has 1 aromatic rings. The fraction of sp³-hybridized carbons (Fsp3) is 0.538. The third kappa shape index (κ3) is 3.70. The molecule has 0 bridgehead atoms. The smallest absolute Gasteiger partial charge is 0.407 e. The van der Waals surface area contributed by atoms with Gasteiger partial charge in [-0.15, -0.1) is 11.3 Å². The number of rotatable bonds is 3. The van der Waals surface area contributed by atoms with E-state index in [-0.39, 0.29) is 12.0 Å². The Bertz CT molecular complexity index is 503. The van der Waals surface area contributed by atoms with Crippen molar-refractivity contribution < 1.29 is 19.4 Å². The topological polar surface area (TPSA) is 75.6 Å². The minimum atomic E-state index is -0.917. The molecule has 1 aliphatic rings. The molecule has 1 aliphatic carbocycles. The molecule has 0 saturated heterocycles. The summed E-state index contributed by atoms with van der Waals surface area (Å²) in [5, 5.41) is 13.3. The Morgan fingerprint density at radius 3 is 2.68 bits per heavy atom. The predicted molar refractivity (Wildman–Crippen MR) is 71.8 cm³/mol. The molecule has 19 heavy (non-hydrogen) atoms. The van der Waals surface area contributed by atoms with E-state index in [4.69, 9.17) is 9.84 Å². The summed E-state index contributed by atoms with van der Waals surface area (Å²) in [7, 11) is 0. The van der Waals surface area contributed by atoms with Crippen LogP contribution in [0, 0.1) is 0 Å². The number of carboxylic acids is 1. The molecule has 104 valence electrons. The maximum absolute atomic E-state index is 11.6. The molecule has 6 heteroatoms. The highest BCUT2D eigenvalue weighted by Gasteiger charge is 2.41. The summed E-state index contributed by atoms with van der Waals surface area (Å²) >= 11 is 1.42. The van der Waals surface area contributed by atoms with Gasteiger partial charge in [-0.1, -0.05) is 0 Å². The Morgan fingerprint density at radius 1 is 1.47 bits per heavy atom. The van der Waals surface area contributed by atoms with Crippen molar-refractivity contribution in [2.45, 2.75) is 44.8 Å². The quantitative estimate of drug-likeness (QED) is 0.894. The molecule has 1 heterocycles. The number of ether oxygens (including phenoxy) is 1. The SMILES string of the molecule is CC(C)(C)OC(=O)NC1CC1c1cc(C(=O)O)cs1. The molecule has 2 unspecified atom stereocenters. The number of carbonyl (C=O) groups is 2. The first-order valence-corrected chi connectivity index (χ1v) is 6.95. The van der Waals surface area contributed by atoms with Gasteiger partial charge in [-0.3, -0.25) is 0 Å². The number of thiophene rings is 1. The molecule has 0 radical (unpaired) electrons. The van der Waals surface area contributed by atoms with Crippen LogP contribution in [0.2, 0.25) is 0 Å². The number of amides is 1. The summed E-state index contributed by atoms with van der Waals surface area (Å²) in [5.41, 5.74) is -0.198. The van der Waals surface area contributed by atoms with E-state index in [1.807, 2.05) is 20.8 Å². The molecule has 2 rings (SSSR count). The Labute approximate surface area is 115 Å². The van der Waals surface area contributed by atoms with Crippen molar-refractivity contribution in [1.82, 2.24) is 5.32 Å². The van der Waals surface area contributed by atoms with Gasteiger partial charge in [-0.25, -0.2) is 9.59 Å². The highest BCUT2D eigenvalue weighted by Crippen LogP contribution is 2.43. The molecule has 1 aromatic heterocycles. The number of carboxylic acid groups (broad SMARTS) is 1. The van der Waals surface area contributed by atoms with Crippen molar-refractivity contribution in [3.8, 4) is 0 Å². The van der Waals surface area contributed by atoms with E-state index in [1.165, 1.54) is 11.3 Å². The van der Waals surface area contributed by atoms with Crippen molar-refractivity contribution in [2.75, 3.05) is 0 Å². The van der Waals surface area contributed by atoms with Crippen molar-refractivity contribution in [3.05, 3.63) is 21.9 Å². The second-order valence-electron chi connectivity index (χ2n) is 5.64. The van der Waals surface area contributed by atoms with Gasteiger partial charge in [-0.2, -0.15) is 0 Å². The Morgan fingerprint density at radius 2 is 2.16 bits per heavy atom. The van der Waals surface area contributed by atoms with Crippen LogP contribution in [0.3, 0.4) is 0 Å². The number of nitrogens with one attached hydrogen (secondary N) is 1. The lowest BCUT2D eigenvalue weighted by atomic mass is 10.2. The van der Waals surface area contributed by atoms with Gasteiger partial charge in [0.2, 0.25) is 0 Å². The molecule has 0 spiro atoms. The third-order valence-corrected chi connectivity index (χ3v) is 3.79. The molecular formula is C13H17NO4S. The van der Waals surface area contributed by atoms with Crippen molar-refractivity contribution in [2.24, 2.45) is 0 Å². The largest absolute Gasteiger partial charge is 0.478 e. The summed E-state index contributed by atoms with van der Waals surface area (Å²) in [6.07, 6.45) is 0.411. The van der Waals surface area contributed by atoms with Crippen molar-refractivity contribution in [1.29, 1.82) is 0 Å². The van der Waals surface area contributed by atoms with Crippen molar-refractivity contribution in [3.63, 3.8) is 0 Å².